The van der Waals surface area contributed by atoms with Crippen molar-refractivity contribution in [1.29, 1.82) is 0 Å². The lowest BCUT2D eigenvalue weighted by Gasteiger charge is -2.09. The third-order valence-corrected chi connectivity index (χ3v) is 4.90. The Labute approximate surface area is 161 Å². The number of thiophene rings is 1. The number of para-hydroxylation sites is 1. The fourth-order valence-corrected chi connectivity index (χ4v) is 3.41. The van der Waals surface area contributed by atoms with E-state index in [-0.39, 0.29) is 12.2 Å². The van der Waals surface area contributed by atoms with Crippen LogP contribution in [0.15, 0.2) is 24.3 Å². The Hall–Kier alpha value is -2.87. The monoisotopic (exact) mass is 391 g/mol. The van der Waals surface area contributed by atoms with Crippen LogP contribution in [0.5, 0.6) is 5.75 Å². The first-order valence-corrected chi connectivity index (χ1v) is 9.07. The summed E-state index contributed by atoms with van der Waals surface area (Å²) in [7, 11) is 1.44. The Morgan fingerprint density at radius 3 is 2.44 bits per heavy atom. The number of amides is 1. The number of aryl methyl sites for hydroxylation is 1. The standard InChI is InChI=1S/C19H21NO6S/c1-5-25-19(23)16-11(2)12(3)27-17(16)20-15(21)10-26-18(22)13-8-6-7-9-14(13)24-4/h6-9H,5,10H2,1-4H3,(H,20,21). The molecule has 0 aliphatic rings. The van der Waals surface area contributed by atoms with Crippen LogP contribution in [0, 0.1) is 13.8 Å². The largest absolute Gasteiger partial charge is 0.496 e. The van der Waals surface area contributed by atoms with Crippen LogP contribution in [0.1, 0.15) is 38.1 Å². The predicted octanol–water partition coefficient (Wildman–Crippen LogP) is 3.35. The van der Waals surface area contributed by atoms with Gasteiger partial charge in [0.1, 0.15) is 16.3 Å². The Morgan fingerprint density at radius 1 is 1.07 bits per heavy atom. The molecule has 0 spiro atoms. The van der Waals surface area contributed by atoms with E-state index in [2.05, 4.69) is 5.32 Å². The number of rotatable bonds is 7. The van der Waals surface area contributed by atoms with E-state index < -0.39 is 24.5 Å². The number of carbonyl (C=O) groups is 3. The average Bonchev–Trinajstić information content (AvgIpc) is 2.93. The summed E-state index contributed by atoms with van der Waals surface area (Å²) in [5, 5.41) is 2.99. The van der Waals surface area contributed by atoms with Gasteiger partial charge in [0.2, 0.25) is 0 Å². The van der Waals surface area contributed by atoms with Gasteiger partial charge in [0.25, 0.3) is 5.91 Å². The van der Waals surface area contributed by atoms with Crippen molar-refractivity contribution in [1.82, 2.24) is 0 Å². The Bertz CT molecular complexity index is 858. The van der Waals surface area contributed by atoms with E-state index in [9.17, 15) is 14.4 Å². The second kappa shape index (κ2) is 9.18. The topological polar surface area (TPSA) is 90.9 Å². The number of hydrogen-bond acceptors (Lipinski definition) is 7. The predicted molar refractivity (Wildman–Crippen MR) is 102 cm³/mol. The van der Waals surface area contributed by atoms with Crippen molar-refractivity contribution in [2.45, 2.75) is 20.8 Å². The van der Waals surface area contributed by atoms with Gasteiger partial charge in [-0.3, -0.25) is 4.79 Å². The number of esters is 2. The molecule has 1 heterocycles. The highest BCUT2D eigenvalue weighted by atomic mass is 32.1. The first kappa shape index (κ1) is 20.4. The summed E-state index contributed by atoms with van der Waals surface area (Å²) in [6, 6.07) is 6.56. The van der Waals surface area contributed by atoms with Gasteiger partial charge in [0.05, 0.1) is 19.3 Å². The van der Waals surface area contributed by atoms with Crippen LogP contribution >= 0.6 is 11.3 Å². The lowest BCUT2D eigenvalue weighted by atomic mass is 10.1. The van der Waals surface area contributed by atoms with Gasteiger partial charge in [0, 0.05) is 4.88 Å². The molecule has 7 nitrogen and oxygen atoms in total. The highest BCUT2D eigenvalue weighted by molar-refractivity contribution is 7.16. The van der Waals surface area contributed by atoms with Crippen LogP contribution < -0.4 is 10.1 Å². The molecule has 1 amide bonds. The van der Waals surface area contributed by atoms with Crippen molar-refractivity contribution in [3.8, 4) is 5.75 Å². The molecule has 0 fully saturated rings. The summed E-state index contributed by atoms with van der Waals surface area (Å²) in [4.78, 5) is 37.4. The van der Waals surface area contributed by atoms with E-state index in [0.29, 0.717) is 16.3 Å². The third kappa shape index (κ3) is 4.85. The minimum absolute atomic E-state index is 0.225. The van der Waals surface area contributed by atoms with Gasteiger partial charge in [-0.15, -0.1) is 11.3 Å². The van der Waals surface area contributed by atoms with E-state index in [1.807, 2.05) is 6.92 Å². The van der Waals surface area contributed by atoms with E-state index in [1.165, 1.54) is 18.4 Å². The van der Waals surface area contributed by atoms with Gasteiger partial charge in [-0.2, -0.15) is 0 Å². The van der Waals surface area contributed by atoms with Crippen molar-refractivity contribution in [3.63, 3.8) is 0 Å². The van der Waals surface area contributed by atoms with Gasteiger partial charge in [-0.05, 0) is 38.5 Å². The molecule has 1 aromatic carbocycles. The first-order valence-electron chi connectivity index (χ1n) is 8.26. The summed E-state index contributed by atoms with van der Waals surface area (Å²) < 4.78 is 15.2. The smallest absolute Gasteiger partial charge is 0.342 e. The maximum atomic E-state index is 12.2. The normalized spacial score (nSPS) is 10.2. The van der Waals surface area contributed by atoms with E-state index in [0.717, 1.165) is 10.4 Å². The van der Waals surface area contributed by atoms with Gasteiger partial charge in [-0.1, -0.05) is 12.1 Å². The van der Waals surface area contributed by atoms with Crippen molar-refractivity contribution < 1.29 is 28.6 Å². The van der Waals surface area contributed by atoms with Gasteiger partial charge < -0.3 is 19.5 Å². The van der Waals surface area contributed by atoms with Crippen LogP contribution in [-0.2, 0) is 14.3 Å². The van der Waals surface area contributed by atoms with Crippen molar-refractivity contribution >= 4 is 34.2 Å². The zero-order valence-electron chi connectivity index (χ0n) is 15.6. The molecule has 27 heavy (non-hydrogen) atoms. The molecule has 8 heteroatoms. The molecule has 0 aliphatic carbocycles. The molecule has 0 saturated heterocycles. The molecular weight excluding hydrogens is 370 g/mol. The average molecular weight is 391 g/mol. The quantitative estimate of drug-likeness (QED) is 0.728. The van der Waals surface area contributed by atoms with E-state index >= 15 is 0 Å². The van der Waals surface area contributed by atoms with Gasteiger partial charge in [0.15, 0.2) is 6.61 Å². The van der Waals surface area contributed by atoms with Crippen LogP contribution in [0.25, 0.3) is 0 Å². The summed E-state index contributed by atoms with van der Waals surface area (Å²) in [5.74, 6) is -1.37. The lowest BCUT2D eigenvalue weighted by molar-refractivity contribution is -0.119. The molecule has 0 unspecified atom stereocenters. The molecule has 1 aromatic heterocycles. The number of carbonyl (C=O) groups excluding carboxylic acids is 3. The maximum Gasteiger partial charge on any atom is 0.342 e. The van der Waals surface area contributed by atoms with E-state index in [4.69, 9.17) is 14.2 Å². The van der Waals surface area contributed by atoms with Gasteiger partial charge in [-0.25, -0.2) is 9.59 Å². The SMILES string of the molecule is CCOC(=O)c1c(NC(=O)COC(=O)c2ccccc2OC)sc(C)c1C. The Balaban J connectivity index is 2.05. The summed E-state index contributed by atoms with van der Waals surface area (Å²) >= 11 is 1.27. The van der Waals surface area contributed by atoms with Gasteiger partial charge >= 0.3 is 11.9 Å². The Morgan fingerprint density at radius 2 is 1.78 bits per heavy atom. The minimum Gasteiger partial charge on any atom is -0.496 e. The molecule has 1 N–H and O–H groups in total. The fraction of sp³-hybridized carbons (Fsp3) is 0.316. The highest BCUT2D eigenvalue weighted by Crippen LogP contribution is 2.33. The van der Waals surface area contributed by atoms with Crippen molar-refractivity contribution in [2.75, 3.05) is 25.6 Å². The Kier molecular flexibility index (Phi) is 6.95. The molecular formula is C19H21NO6S. The number of benzene rings is 1. The fourth-order valence-electron chi connectivity index (χ4n) is 2.35. The molecule has 144 valence electrons. The summed E-state index contributed by atoms with van der Waals surface area (Å²) in [5.41, 5.74) is 1.30. The number of methoxy groups -OCH3 is 1. The molecule has 0 radical (unpaired) electrons. The highest BCUT2D eigenvalue weighted by Gasteiger charge is 2.22. The van der Waals surface area contributed by atoms with Crippen LogP contribution in [0.3, 0.4) is 0 Å². The number of anilines is 1. The second-order valence-electron chi connectivity index (χ2n) is 5.53. The zero-order chi connectivity index (χ0) is 20.0. The third-order valence-electron chi connectivity index (χ3n) is 3.78. The van der Waals surface area contributed by atoms with Crippen LogP contribution in [-0.4, -0.2) is 38.2 Å². The number of hydrogen-bond donors (Lipinski definition) is 1. The molecule has 0 atom stereocenters. The number of ether oxygens (including phenoxy) is 3. The molecule has 2 aromatic rings. The molecule has 0 saturated carbocycles. The minimum atomic E-state index is -0.674. The molecule has 0 aliphatic heterocycles. The first-order chi connectivity index (χ1) is 12.9. The zero-order valence-corrected chi connectivity index (χ0v) is 16.4. The second-order valence-corrected chi connectivity index (χ2v) is 6.76. The van der Waals surface area contributed by atoms with Crippen molar-refractivity contribution in [2.24, 2.45) is 0 Å². The summed E-state index contributed by atoms with van der Waals surface area (Å²) in [6.45, 7) is 5.09. The van der Waals surface area contributed by atoms with Crippen LogP contribution in [0.2, 0.25) is 0 Å². The summed E-state index contributed by atoms with van der Waals surface area (Å²) in [6.07, 6.45) is 0. The van der Waals surface area contributed by atoms with Crippen molar-refractivity contribution in [3.05, 3.63) is 45.8 Å². The molecule has 0 bridgehead atoms. The number of nitrogens with one attached hydrogen (secondary N) is 1. The van der Waals surface area contributed by atoms with Crippen LogP contribution in [0.4, 0.5) is 5.00 Å². The lowest BCUT2D eigenvalue weighted by Crippen LogP contribution is -2.22. The molecule has 2 rings (SSSR count). The maximum absolute atomic E-state index is 12.2. The van der Waals surface area contributed by atoms with E-state index in [1.54, 1.807) is 38.1 Å².